The van der Waals surface area contributed by atoms with Gasteiger partial charge in [-0.25, -0.2) is 18.1 Å². The SMILES string of the molecule is COc1cc(-c2ccc3c(c2NC(=O)CNS(=O)(=O)c2ccn(C4CCN(C)C4)n2)CCC3)ccn1. The quantitative estimate of drug-likeness (QED) is 0.477. The number of nitrogens with zero attached hydrogens (tertiary/aromatic N) is 4. The highest BCUT2D eigenvalue weighted by atomic mass is 32.2. The van der Waals surface area contributed by atoms with Crippen LogP contribution in [0.25, 0.3) is 11.1 Å². The Hall–Kier alpha value is -3.28. The van der Waals surface area contributed by atoms with Gasteiger partial charge in [-0.15, -0.1) is 0 Å². The molecule has 1 aliphatic heterocycles. The van der Waals surface area contributed by atoms with Crippen molar-refractivity contribution in [3.8, 4) is 17.0 Å². The van der Waals surface area contributed by atoms with E-state index in [9.17, 15) is 13.2 Å². The number of ether oxygens (including phenoxy) is 1. The Balaban J connectivity index is 1.32. The highest BCUT2D eigenvalue weighted by Gasteiger charge is 2.26. The number of pyridine rings is 1. The second kappa shape index (κ2) is 10.00. The van der Waals surface area contributed by atoms with E-state index in [0.29, 0.717) is 11.6 Å². The van der Waals surface area contributed by atoms with Gasteiger partial charge in [-0.05, 0) is 68.1 Å². The summed E-state index contributed by atoms with van der Waals surface area (Å²) in [5.74, 6) is 0.0275. The molecule has 1 amide bonds. The van der Waals surface area contributed by atoms with Crippen molar-refractivity contribution in [1.29, 1.82) is 0 Å². The maximum Gasteiger partial charge on any atom is 0.260 e. The summed E-state index contributed by atoms with van der Waals surface area (Å²) in [6, 6.07) is 9.35. The Kier molecular flexibility index (Phi) is 6.78. The summed E-state index contributed by atoms with van der Waals surface area (Å²) in [6.07, 6.45) is 7.06. The largest absolute Gasteiger partial charge is 0.481 e. The molecule has 1 atom stereocenters. The standard InChI is InChI=1S/C25H30N6O4S/c1-30-12-9-19(16-30)31-13-10-24(29-31)36(33,34)27-15-22(32)28-25-20-5-3-4-17(20)6-7-21(25)18-8-11-26-23(14-18)35-2/h6-8,10-11,13-14,19,27H,3-5,9,12,15-16H2,1-2H3,(H,28,32). The van der Waals surface area contributed by atoms with Crippen LogP contribution in [0, 0.1) is 0 Å². The molecule has 2 N–H and O–H groups in total. The van der Waals surface area contributed by atoms with E-state index in [2.05, 4.69) is 31.1 Å². The van der Waals surface area contributed by atoms with E-state index in [4.69, 9.17) is 4.74 Å². The first kappa shape index (κ1) is 24.4. The second-order valence-electron chi connectivity index (χ2n) is 9.28. The van der Waals surface area contributed by atoms with E-state index in [0.717, 1.165) is 55.5 Å². The van der Waals surface area contributed by atoms with Gasteiger partial charge in [-0.2, -0.15) is 5.10 Å². The Morgan fingerprint density at radius 1 is 1.22 bits per heavy atom. The third-order valence-corrected chi connectivity index (χ3v) is 8.12. The van der Waals surface area contributed by atoms with Gasteiger partial charge in [0.1, 0.15) is 0 Å². The molecular formula is C25H30N6O4S. The number of sulfonamides is 1. The van der Waals surface area contributed by atoms with Crippen molar-refractivity contribution < 1.29 is 17.9 Å². The van der Waals surface area contributed by atoms with Crippen molar-refractivity contribution in [1.82, 2.24) is 24.4 Å². The van der Waals surface area contributed by atoms with Crippen LogP contribution in [-0.2, 0) is 27.7 Å². The van der Waals surface area contributed by atoms with Gasteiger partial charge >= 0.3 is 0 Å². The molecule has 10 nitrogen and oxygen atoms in total. The van der Waals surface area contributed by atoms with Crippen LogP contribution in [0.5, 0.6) is 5.88 Å². The number of carbonyl (C=O) groups is 1. The van der Waals surface area contributed by atoms with Crippen LogP contribution in [0.15, 0.2) is 47.8 Å². The van der Waals surface area contributed by atoms with Crippen LogP contribution < -0.4 is 14.8 Å². The molecule has 3 heterocycles. The van der Waals surface area contributed by atoms with Gasteiger partial charge in [0.2, 0.25) is 11.8 Å². The molecule has 2 aliphatic rings. The minimum atomic E-state index is -3.93. The molecule has 0 spiro atoms. The lowest BCUT2D eigenvalue weighted by molar-refractivity contribution is -0.115. The predicted octanol–water partition coefficient (Wildman–Crippen LogP) is 2.24. The van der Waals surface area contributed by atoms with Crippen LogP contribution in [0.1, 0.15) is 30.0 Å². The molecule has 1 unspecified atom stereocenters. The molecule has 190 valence electrons. The smallest absolute Gasteiger partial charge is 0.260 e. The number of hydrogen-bond acceptors (Lipinski definition) is 7. The Labute approximate surface area is 210 Å². The number of likely N-dealkylation sites (N-methyl/N-ethyl adjacent to an activating group) is 1. The van der Waals surface area contributed by atoms with Crippen LogP contribution in [0.2, 0.25) is 0 Å². The molecule has 0 radical (unpaired) electrons. The van der Waals surface area contributed by atoms with Crippen molar-refractivity contribution in [2.24, 2.45) is 0 Å². The van der Waals surface area contributed by atoms with Crippen molar-refractivity contribution in [2.45, 2.75) is 36.8 Å². The fraction of sp³-hybridized carbons (Fsp3) is 0.400. The van der Waals surface area contributed by atoms with Gasteiger partial charge in [0, 0.05) is 30.6 Å². The third-order valence-electron chi connectivity index (χ3n) is 6.82. The second-order valence-corrected chi connectivity index (χ2v) is 11.0. The molecule has 2 aromatic heterocycles. The molecule has 0 saturated carbocycles. The van der Waals surface area contributed by atoms with Crippen LogP contribution in [0.4, 0.5) is 5.69 Å². The first-order chi connectivity index (χ1) is 17.3. The number of methoxy groups -OCH3 is 1. The molecular weight excluding hydrogens is 480 g/mol. The summed E-state index contributed by atoms with van der Waals surface area (Å²) in [4.78, 5) is 19.3. The Morgan fingerprint density at radius 2 is 2.08 bits per heavy atom. The number of fused-ring (bicyclic) bond motifs is 1. The normalized spacial score (nSPS) is 17.8. The minimum absolute atomic E-state index is 0.0879. The molecule has 11 heteroatoms. The maximum atomic E-state index is 12.9. The summed E-state index contributed by atoms with van der Waals surface area (Å²) in [7, 11) is -0.352. The molecule has 3 aromatic rings. The van der Waals surface area contributed by atoms with E-state index >= 15 is 0 Å². The van der Waals surface area contributed by atoms with E-state index in [-0.39, 0.29) is 11.1 Å². The van der Waals surface area contributed by atoms with Crippen molar-refractivity contribution in [3.63, 3.8) is 0 Å². The number of carbonyl (C=O) groups excluding carboxylic acids is 1. The highest BCUT2D eigenvalue weighted by molar-refractivity contribution is 7.89. The fourth-order valence-electron chi connectivity index (χ4n) is 4.95. The number of aryl methyl sites for hydroxylation is 1. The van der Waals surface area contributed by atoms with Crippen molar-refractivity contribution in [3.05, 3.63) is 53.9 Å². The zero-order valence-corrected chi connectivity index (χ0v) is 21.2. The first-order valence-electron chi connectivity index (χ1n) is 12.0. The maximum absolute atomic E-state index is 12.9. The van der Waals surface area contributed by atoms with Gasteiger partial charge in [0.15, 0.2) is 5.03 Å². The van der Waals surface area contributed by atoms with Gasteiger partial charge in [0.25, 0.3) is 10.0 Å². The molecule has 0 bridgehead atoms. The predicted molar refractivity (Wildman–Crippen MR) is 135 cm³/mol. The highest BCUT2D eigenvalue weighted by Crippen LogP contribution is 2.38. The average molecular weight is 511 g/mol. The summed E-state index contributed by atoms with van der Waals surface area (Å²) >= 11 is 0. The topological polar surface area (TPSA) is 118 Å². The van der Waals surface area contributed by atoms with Gasteiger partial charge in [0.05, 0.1) is 25.4 Å². The summed E-state index contributed by atoms with van der Waals surface area (Å²) < 4.78 is 35.0. The molecule has 1 fully saturated rings. The molecule has 36 heavy (non-hydrogen) atoms. The Bertz CT molecular complexity index is 1390. The zero-order valence-electron chi connectivity index (χ0n) is 20.4. The Morgan fingerprint density at radius 3 is 2.86 bits per heavy atom. The van der Waals surface area contributed by atoms with Crippen LogP contribution in [0.3, 0.4) is 0 Å². The first-order valence-corrected chi connectivity index (χ1v) is 13.5. The number of anilines is 1. The number of aromatic nitrogens is 3. The number of benzene rings is 1. The van der Waals surface area contributed by atoms with Crippen LogP contribution in [-0.4, -0.2) is 67.8 Å². The fourth-order valence-corrected chi connectivity index (χ4v) is 5.86. The van der Waals surface area contributed by atoms with Gasteiger partial charge < -0.3 is 15.0 Å². The van der Waals surface area contributed by atoms with Crippen molar-refractivity contribution in [2.75, 3.05) is 39.1 Å². The number of likely N-dealkylation sites (tertiary alicyclic amines) is 1. The minimum Gasteiger partial charge on any atom is -0.481 e. The van der Waals surface area contributed by atoms with Gasteiger partial charge in [-0.3, -0.25) is 9.48 Å². The number of nitrogens with one attached hydrogen (secondary N) is 2. The van der Waals surface area contributed by atoms with E-state index in [1.54, 1.807) is 24.2 Å². The monoisotopic (exact) mass is 510 g/mol. The van der Waals surface area contributed by atoms with E-state index in [1.165, 1.54) is 11.6 Å². The summed E-state index contributed by atoms with van der Waals surface area (Å²) in [5.41, 5.74) is 4.68. The number of rotatable bonds is 8. The summed E-state index contributed by atoms with van der Waals surface area (Å²) in [5, 5.41) is 7.15. The van der Waals surface area contributed by atoms with Crippen LogP contribution >= 0.6 is 0 Å². The molecule has 5 rings (SSSR count). The average Bonchev–Trinajstić information content (AvgIpc) is 3.64. The third kappa shape index (κ3) is 4.99. The summed E-state index contributed by atoms with van der Waals surface area (Å²) in [6.45, 7) is 1.37. The van der Waals surface area contributed by atoms with Gasteiger partial charge in [-0.1, -0.05) is 12.1 Å². The number of amides is 1. The van der Waals surface area contributed by atoms with Crippen molar-refractivity contribution >= 4 is 21.6 Å². The molecule has 1 saturated heterocycles. The lowest BCUT2D eigenvalue weighted by atomic mass is 9.97. The van der Waals surface area contributed by atoms with E-state index in [1.807, 2.05) is 25.2 Å². The zero-order chi connectivity index (χ0) is 25.3. The molecule has 1 aromatic carbocycles. The number of hydrogen-bond donors (Lipinski definition) is 2. The van der Waals surface area contributed by atoms with E-state index < -0.39 is 22.5 Å². The lowest BCUT2D eigenvalue weighted by Crippen LogP contribution is -2.33. The molecule has 1 aliphatic carbocycles. The lowest BCUT2D eigenvalue weighted by Gasteiger charge is -2.17.